The van der Waals surface area contributed by atoms with Crippen molar-refractivity contribution in [3.63, 3.8) is 0 Å². The molecule has 96 valence electrons. The van der Waals surface area contributed by atoms with E-state index in [9.17, 15) is 13.2 Å². The Bertz CT molecular complexity index is 328. The normalized spacial score (nSPS) is 12.9. The molecule has 5 nitrogen and oxygen atoms in total. The lowest BCUT2D eigenvalue weighted by atomic mass is 10.1. The lowest BCUT2D eigenvalue weighted by molar-refractivity contribution is -0.119. The number of rotatable bonds is 5. The highest BCUT2D eigenvalue weighted by molar-refractivity contribution is 7.90. The van der Waals surface area contributed by atoms with Crippen molar-refractivity contribution in [3.05, 3.63) is 0 Å². The van der Waals surface area contributed by atoms with Gasteiger partial charge in [0.1, 0.15) is 0 Å². The highest BCUT2D eigenvalue weighted by atomic mass is 32.2. The molecule has 0 rings (SSSR count). The van der Waals surface area contributed by atoms with Gasteiger partial charge in [-0.25, -0.2) is 8.42 Å². The van der Waals surface area contributed by atoms with Crippen molar-refractivity contribution >= 4 is 15.9 Å². The van der Waals surface area contributed by atoms with E-state index in [4.69, 9.17) is 0 Å². The lowest BCUT2D eigenvalue weighted by Crippen LogP contribution is -2.40. The Morgan fingerprint density at radius 2 is 1.75 bits per heavy atom. The minimum absolute atomic E-state index is 0.0722. The van der Waals surface area contributed by atoms with Gasteiger partial charge in [-0.05, 0) is 34.6 Å². The van der Waals surface area contributed by atoms with Crippen molar-refractivity contribution in [2.24, 2.45) is 0 Å². The van der Waals surface area contributed by atoms with E-state index in [1.54, 1.807) is 0 Å². The number of carbonyl (C=O) groups excluding carboxylic acids is 1. The van der Waals surface area contributed by atoms with E-state index in [2.05, 4.69) is 5.32 Å². The smallest absolute Gasteiger partial charge is 0.237 e. The van der Waals surface area contributed by atoms with Crippen LogP contribution >= 0.6 is 0 Å². The highest BCUT2D eigenvalue weighted by Gasteiger charge is 2.18. The topological polar surface area (TPSA) is 75.3 Å². The first-order chi connectivity index (χ1) is 7.04. The average molecular weight is 250 g/mol. The predicted molar refractivity (Wildman–Crippen MR) is 64.6 cm³/mol. The SMILES string of the molecule is CC(C)S(=O)(=O)NC(=O)CCNC(C)(C)C. The van der Waals surface area contributed by atoms with E-state index in [0.29, 0.717) is 6.54 Å². The second-order valence-electron chi connectivity index (χ2n) is 5.05. The van der Waals surface area contributed by atoms with Gasteiger partial charge in [0.25, 0.3) is 0 Å². The molecule has 0 spiro atoms. The van der Waals surface area contributed by atoms with Crippen LogP contribution in [0.25, 0.3) is 0 Å². The molecule has 0 fully saturated rings. The van der Waals surface area contributed by atoms with Gasteiger partial charge >= 0.3 is 0 Å². The molecule has 0 aliphatic rings. The summed E-state index contributed by atoms with van der Waals surface area (Å²) in [6, 6.07) is 0. The van der Waals surface area contributed by atoms with Crippen LogP contribution in [0.3, 0.4) is 0 Å². The first-order valence-electron chi connectivity index (χ1n) is 5.34. The molecule has 0 unspecified atom stereocenters. The van der Waals surface area contributed by atoms with Gasteiger partial charge in [-0.15, -0.1) is 0 Å². The highest BCUT2D eigenvalue weighted by Crippen LogP contribution is 1.99. The van der Waals surface area contributed by atoms with E-state index in [-0.39, 0.29) is 12.0 Å². The largest absolute Gasteiger partial charge is 0.312 e. The standard InChI is InChI=1S/C10H22N2O3S/c1-8(2)16(14,15)12-9(13)6-7-11-10(3,4)5/h8,11H,6-7H2,1-5H3,(H,12,13). The van der Waals surface area contributed by atoms with Crippen molar-refractivity contribution in [1.82, 2.24) is 10.0 Å². The molecule has 0 bridgehead atoms. The minimum Gasteiger partial charge on any atom is -0.312 e. The molecule has 0 heterocycles. The molecule has 0 saturated heterocycles. The average Bonchev–Trinajstić information content (AvgIpc) is 1.99. The molecular weight excluding hydrogens is 228 g/mol. The third-order valence-electron chi connectivity index (χ3n) is 1.88. The van der Waals surface area contributed by atoms with Gasteiger partial charge in [0, 0.05) is 18.5 Å². The molecule has 0 aliphatic heterocycles. The molecule has 16 heavy (non-hydrogen) atoms. The number of nitrogens with one attached hydrogen (secondary N) is 2. The van der Waals surface area contributed by atoms with Crippen LogP contribution in [0, 0.1) is 0 Å². The van der Waals surface area contributed by atoms with Crippen LogP contribution in [0.4, 0.5) is 0 Å². The summed E-state index contributed by atoms with van der Waals surface area (Å²) in [5, 5.41) is 2.52. The van der Waals surface area contributed by atoms with Gasteiger partial charge in [0.05, 0.1) is 5.25 Å². The second-order valence-corrected chi connectivity index (χ2v) is 7.28. The molecular formula is C10H22N2O3S. The third-order valence-corrected chi connectivity index (χ3v) is 3.64. The van der Waals surface area contributed by atoms with Gasteiger partial charge in [0.2, 0.25) is 15.9 Å². The summed E-state index contributed by atoms with van der Waals surface area (Å²) in [5.41, 5.74) is -0.0722. The minimum atomic E-state index is -3.49. The molecule has 2 N–H and O–H groups in total. The fraction of sp³-hybridized carbons (Fsp3) is 0.900. The summed E-state index contributed by atoms with van der Waals surface area (Å²) in [7, 11) is -3.49. The maximum Gasteiger partial charge on any atom is 0.237 e. The van der Waals surface area contributed by atoms with Crippen LogP contribution < -0.4 is 10.0 Å². The summed E-state index contributed by atoms with van der Waals surface area (Å²) >= 11 is 0. The maximum atomic E-state index is 11.3. The summed E-state index contributed by atoms with van der Waals surface area (Å²) in [5.74, 6) is -0.467. The van der Waals surface area contributed by atoms with Gasteiger partial charge in [0.15, 0.2) is 0 Å². The van der Waals surface area contributed by atoms with Crippen molar-refractivity contribution in [2.75, 3.05) is 6.54 Å². The summed E-state index contributed by atoms with van der Waals surface area (Å²) in [6.07, 6.45) is 0.156. The molecule has 0 saturated carbocycles. The number of hydrogen-bond donors (Lipinski definition) is 2. The lowest BCUT2D eigenvalue weighted by Gasteiger charge is -2.20. The molecule has 0 aromatic heterocycles. The molecule has 0 aliphatic carbocycles. The number of hydrogen-bond acceptors (Lipinski definition) is 4. The maximum absolute atomic E-state index is 11.3. The number of amides is 1. The van der Waals surface area contributed by atoms with E-state index in [0.717, 1.165) is 0 Å². The molecule has 1 amide bonds. The van der Waals surface area contributed by atoms with Crippen LogP contribution in [0.1, 0.15) is 41.0 Å². The summed E-state index contributed by atoms with van der Waals surface area (Å²) in [4.78, 5) is 11.3. The fourth-order valence-electron chi connectivity index (χ4n) is 0.879. The Morgan fingerprint density at radius 1 is 1.25 bits per heavy atom. The Balaban J connectivity index is 4.03. The van der Waals surface area contributed by atoms with Crippen LogP contribution in [-0.2, 0) is 14.8 Å². The van der Waals surface area contributed by atoms with Crippen LogP contribution in [0.2, 0.25) is 0 Å². The zero-order chi connectivity index (χ0) is 13.0. The van der Waals surface area contributed by atoms with Crippen molar-refractivity contribution in [3.8, 4) is 0 Å². The van der Waals surface area contributed by atoms with Crippen LogP contribution in [0.15, 0.2) is 0 Å². The van der Waals surface area contributed by atoms with E-state index >= 15 is 0 Å². The molecule has 0 aromatic carbocycles. The fourth-order valence-corrected chi connectivity index (χ4v) is 1.53. The first-order valence-corrected chi connectivity index (χ1v) is 6.89. The number of sulfonamides is 1. The Kier molecular flexibility index (Phi) is 5.41. The van der Waals surface area contributed by atoms with Crippen molar-refractivity contribution < 1.29 is 13.2 Å². The Hall–Kier alpha value is -0.620. The van der Waals surface area contributed by atoms with Crippen LogP contribution in [0.5, 0.6) is 0 Å². The Morgan fingerprint density at radius 3 is 2.12 bits per heavy atom. The van der Waals surface area contributed by atoms with E-state index in [1.165, 1.54) is 13.8 Å². The van der Waals surface area contributed by atoms with E-state index in [1.807, 2.05) is 25.5 Å². The van der Waals surface area contributed by atoms with Gasteiger partial charge < -0.3 is 5.32 Å². The number of carbonyl (C=O) groups is 1. The zero-order valence-electron chi connectivity index (χ0n) is 10.6. The third kappa shape index (κ3) is 6.79. The van der Waals surface area contributed by atoms with Crippen molar-refractivity contribution in [1.29, 1.82) is 0 Å². The van der Waals surface area contributed by atoms with Crippen molar-refractivity contribution in [2.45, 2.75) is 51.8 Å². The Labute approximate surface area is 98.0 Å². The quantitative estimate of drug-likeness (QED) is 0.750. The molecule has 0 radical (unpaired) electrons. The van der Waals surface area contributed by atoms with Gasteiger partial charge in [-0.2, -0.15) is 0 Å². The first kappa shape index (κ1) is 15.4. The predicted octanol–water partition coefficient (Wildman–Crippen LogP) is 0.619. The zero-order valence-corrected chi connectivity index (χ0v) is 11.4. The summed E-state index contributed by atoms with van der Waals surface area (Å²) < 4.78 is 24.7. The summed E-state index contributed by atoms with van der Waals surface area (Å²) in [6.45, 7) is 9.47. The molecule has 0 aromatic rings. The van der Waals surface area contributed by atoms with Gasteiger partial charge in [-0.3, -0.25) is 9.52 Å². The van der Waals surface area contributed by atoms with Crippen LogP contribution in [-0.4, -0.2) is 31.7 Å². The molecule has 0 atom stereocenters. The molecule has 6 heteroatoms. The van der Waals surface area contributed by atoms with E-state index < -0.39 is 21.2 Å². The van der Waals surface area contributed by atoms with Gasteiger partial charge in [-0.1, -0.05) is 0 Å². The second kappa shape index (κ2) is 5.63. The monoisotopic (exact) mass is 250 g/mol.